The van der Waals surface area contributed by atoms with Gasteiger partial charge in [0.15, 0.2) is 10.9 Å². The number of fused-ring (bicyclic) bond motifs is 5. The number of nitrogens with two attached hydrogens (primary N) is 1. The third-order valence-corrected chi connectivity index (χ3v) is 11.4. The van der Waals surface area contributed by atoms with E-state index in [1.54, 1.807) is 0 Å². The molecule has 5 fully saturated rings. The van der Waals surface area contributed by atoms with E-state index in [0.29, 0.717) is 31.9 Å². The average molecular weight is 655 g/mol. The van der Waals surface area contributed by atoms with Crippen LogP contribution >= 0.6 is 11.3 Å². The normalized spacial score (nSPS) is 28.0. The van der Waals surface area contributed by atoms with Gasteiger partial charge in [-0.25, -0.2) is 18.2 Å². The number of anilines is 2. The maximum absolute atomic E-state index is 17.3. The van der Waals surface area contributed by atoms with E-state index in [1.807, 2.05) is 4.90 Å². The van der Waals surface area contributed by atoms with Gasteiger partial charge < -0.3 is 25.4 Å². The first-order chi connectivity index (χ1) is 22.3. The molecule has 242 valence electrons. The van der Waals surface area contributed by atoms with Crippen molar-refractivity contribution in [3.63, 3.8) is 0 Å². The largest absolute Gasteiger partial charge is 0.461 e. The van der Waals surface area contributed by atoms with Gasteiger partial charge in [0.2, 0.25) is 0 Å². The Morgan fingerprint density at radius 3 is 2.67 bits per heavy atom. The van der Waals surface area contributed by atoms with E-state index in [2.05, 4.69) is 20.2 Å². The highest BCUT2D eigenvalue weighted by Crippen LogP contribution is 2.42. The number of alkyl halides is 1. The summed E-state index contributed by atoms with van der Waals surface area (Å²) in [5, 5.41) is 3.78. The molecule has 0 amide bonds. The molecule has 9 rings (SSSR count). The molecular formula is C31H33F3N8O3S. The fourth-order valence-electron chi connectivity index (χ4n) is 8.29. The van der Waals surface area contributed by atoms with Crippen molar-refractivity contribution in [2.75, 3.05) is 56.6 Å². The second-order valence-electron chi connectivity index (χ2n) is 13.3. The quantitative estimate of drug-likeness (QED) is 0.320. The van der Waals surface area contributed by atoms with E-state index in [4.69, 9.17) is 20.2 Å². The maximum atomic E-state index is 17.3. The third-order valence-electron chi connectivity index (χ3n) is 10.5. The van der Waals surface area contributed by atoms with Gasteiger partial charge in [-0.2, -0.15) is 9.97 Å². The number of rotatable bonds is 6. The Bertz CT molecular complexity index is 1940. The maximum Gasteiger partial charge on any atom is 0.319 e. The van der Waals surface area contributed by atoms with E-state index in [9.17, 15) is 13.6 Å². The summed E-state index contributed by atoms with van der Waals surface area (Å²) >= 11 is 0.959. The van der Waals surface area contributed by atoms with Crippen molar-refractivity contribution in [1.29, 1.82) is 0 Å². The highest BCUT2D eigenvalue weighted by atomic mass is 32.1. The SMILES string of the molecule is Nc1nc2c(-c3c(F)c4nc(OC[C@@]56CCCN5C[C@H](F)C6)nc(N5CC6CCC(C5)N6)c4c(=O)n3C3COC3)ccc(F)c2s1. The van der Waals surface area contributed by atoms with Crippen molar-refractivity contribution in [1.82, 2.24) is 29.7 Å². The lowest BCUT2D eigenvalue weighted by Crippen LogP contribution is -2.52. The van der Waals surface area contributed by atoms with E-state index >= 15 is 4.39 Å². The molecule has 0 radical (unpaired) electrons. The van der Waals surface area contributed by atoms with Crippen LogP contribution in [0.1, 0.15) is 38.1 Å². The molecule has 5 aliphatic heterocycles. The minimum absolute atomic E-state index is 0.0586. The number of hydrogen-bond acceptors (Lipinski definition) is 11. The van der Waals surface area contributed by atoms with Gasteiger partial charge in [-0.3, -0.25) is 14.3 Å². The Balaban J connectivity index is 1.25. The summed E-state index contributed by atoms with van der Waals surface area (Å²) in [6, 6.07) is 2.57. The van der Waals surface area contributed by atoms with Gasteiger partial charge in [0.25, 0.3) is 5.56 Å². The number of halogens is 3. The summed E-state index contributed by atoms with van der Waals surface area (Å²) in [5.41, 5.74) is 5.19. The molecule has 3 aromatic heterocycles. The second kappa shape index (κ2) is 10.5. The number of nitrogens with one attached hydrogen (secondary N) is 1. The van der Waals surface area contributed by atoms with Gasteiger partial charge in [-0.15, -0.1) is 0 Å². The summed E-state index contributed by atoms with van der Waals surface area (Å²) in [7, 11) is 0. The van der Waals surface area contributed by atoms with Crippen LogP contribution in [0.25, 0.3) is 32.4 Å². The first kappa shape index (κ1) is 28.7. The fourth-order valence-corrected chi connectivity index (χ4v) is 9.05. The lowest BCUT2D eigenvalue weighted by Gasteiger charge is -2.35. The summed E-state index contributed by atoms with van der Waals surface area (Å²) in [4.78, 5) is 32.5. The molecule has 2 unspecified atom stereocenters. The number of thiazole rings is 1. The molecule has 4 atom stereocenters. The number of ether oxygens (including phenoxy) is 2. The predicted molar refractivity (Wildman–Crippen MR) is 167 cm³/mol. The molecule has 46 heavy (non-hydrogen) atoms. The van der Waals surface area contributed by atoms with Crippen LogP contribution in [0.15, 0.2) is 16.9 Å². The number of pyridine rings is 1. The van der Waals surface area contributed by atoms with Gasteiger partial charge in [0.05, 0.1) is 40.7 Å². The van der Waals surface area contributed by atoms with Gasteiger partial charge >= 0.3 is 6.01 Å². The van der Waals surface area contributed by atoms with E-state index in [-0.39, 0.29) is 75.4 Å². The fraction of sp³-hybridized carbons (Fsp3) is 0.548. The molecule has 5 aliphatic rings. The van der Waals surface area contributed by atoms with Gasteiger partial charge in [0.1, 0.15) is 35.3 Å². The van der Waals surface area contributed by atoms with Crippen LogP contribution in [0.4, 0.5) is 24.1 Å². The smallest absolute Gasteiger partial charge is 0.319 e. The Kier molecular flexibility index (Phi) is 6.54. The lowest BCUT2D eigenvalue weighted by molar-refractivity contribution is -0.0241. The number of hydrogen-bond donors (Lipinski definition) is 2. The molecule has 5 saturated heterocycles. The first-order valence-electron chi connectivity index (χ1n) is 15.9. The van der Waals surface area contributed by atoms with Gasteiger partial charge in [0, 0.05) is 43.7 Å². The molecule has 11 nitrogen and oxygen atoms in total. The topological polar surface area (TPSA) is 124 Å². The molecule has 1 aromatic carbocycles. The molecule has 0 spiro atoms. The van der Waals surface area contributed by atoms with Crippen molar-refractivity contribution < 1.29 is 22.6 Å². The monoisotopic (exact) mass is 654 g/mol. The second-order valence-corrected chi connectivity index (χ2v) is 14.3. The molecular weight excluding hydrogens is 621 g/mol. The highest BCUT2D eigenvalue weighted by molar-refractivity contribution is 7.22. The molecule has 3 N–H and O–H groups in total. The van der Waals surface area contributed by atoms with Crippen LogP contribution in [-0.2, 0) is 4.74 Å². The van der Waals surface area contributed by atoms with Gasteiger partial charge in [-0.1, -0.05) is 11.3 Å². The van der Waals surface area contributed by atoms with Crippen molar-refractivity contribution in [3.8, 4) is 17.3 Å². The molecule has 15 heteroatoms. The first-order valence-corrected chi connectivity index (χ1v) is 16.7. The standard InChI is InChI=1S/C31H33F3N8O3S/c32-15-8-31(6-1-7-41(31)9-15)14-45-30-38-24-21(27(39-30)40-10-16-2-3-17(11-40)36-16)28(43)42(18-12-44-13-18)25(22(24)34)19-4-5-20(33)26-23(19)37-29(35)46-26/h4-5,15-18,36H,1-3,6-14H2,(H2,35,37)/t15-,16?,17?,31+/m1/s1. The van der Waals surface area contributed by atoms with Crippen LogP contribution in [0.2, 0.25) is 0 Å². The number of aromatic nitrogens is 4. The zero-order valence-electron chi connectivity index (χ0n) is 25.0. The molecule has 8 heterocycles. The molecule has 2 bridgehead atoms. The zero-order chi connectivity index (χ0) is 31.3. The van der Waals surface area contributed by atoms with Crippen molar-refractivity contribution in [2.24, 2.45) is 0 Å². The van der Waals surface area contributed by atoms with Crippen molar-refractivity contribution >= 4 is 43.4 Å². The van der Waals surface area contributed by atoms with Crippen molar-refractivity contribution in [2.45, 2.75) is 61.9 Å². The van der Waals surface area contributed by atoms with Crippen LogP contribution < -0.4 is 26.2 Å². The third kappa shape index (κ3) is 4.34. The van der Waals surface area contributed by atoms with E-state index < -0.39 is 34.9 Å². The lowest BCUT2D eigenvalue weighted by atomic mass is 9.95. The van der Waals surface area contributed by atoms with Crippen LogP contribution in [0.3, 0.4) is 0 Å². The highest BCUT2D eigenvalue weighted by Gasteiger charge is 2.49. The Morgan fingerprint density at radius 1 is 1.11 bits per heavy atom. The zero-order valence-corrected chi connectivity index (χ0v) is 25.8. The number of piperazine rings is 1. The summed E-state index contributed by atoms with van der Waals surface area (Å²) < 4.78 is 59.9. The molecule has 4 aromatic rings. The Labute approximate surface area is 265 Å². The number of benzene rings is 1. The van der Waals surface area contributed by atoms with Crippen LogP contribution in [-0.4, -0.2) is 94.2 Å². The minimum Gasteiger partial charge on any atom is -0.461 e. The number of nitrogens with zero attached hydrogens (tertiary/aromatic N) is 6. The van der Waals surface area contributed by atoms with E-state index in [1.165, 1.54) is 16.7 Å². The Hall–Kier alpha value is -3.53. The minimum atomic E-state index is -0.936. The van der Waals surface area contributed by atoms with Crippen LogP contribution in [0, 0.1) is 11.6 Å². The molecule has 0 aliphatic carbocycles. The number of nitrogen functional groups attached to an aromatic ring is 1. The van der Waals surface area contributed by atoms with E-state index in [0.717, 1.165) is 43.6 Å². The average Bonchev–Trinajstić information content (AvgIpc) is 3.76. The summed E-state index contributed by atoms with van der Waals surface area (Å²) in [6.45, 7) is 2.94. The van der Waals surface area contributed by atoms with Crippen LogP contribution in [0.5, 0.6) is 6.01 Å². The van der Waals surface area contributed by atoms with Crippen molar-refractivity contribution in [3.05, 3.63) is 34.1 Å². The molecule has 0 saturated carbocycles. The summed E-state index contributed by atoms with van der Waals surface area (Å²) in [5.74, 6) is -0.982. The summed E-state index contributed by atoms with van der Waals surface area (Å²) in [6.07, 6.45) is 3.15. The van der Waals surface area contributed by atoms with Gasteiger partial charge in [-0.05, 0) is 44.4 Å². The Morgan fingerprint density at radius 2 is 1.91 bits per heavy atom. The predicted octanol–water partition coefficient (Wildman–Crippen LogP) is 3.40.